The third kappa shape index (κ3) is 3.82. The van der Waals surface area contributed by atoms with E-state index in [1.165, 1.54) is 5.56 Å². The van der Waals surface area contributed by atoms with Gasteiger partial charge in [-0.1, -0.05) is 54.2 Å². The largest absolute Gasteiger partial charge is 0.338 e. The molecule has 120 valence electrons. The number of aromatic nitrogens is 4. The van der Waals surface area contributed by atoms with Gasteiger partial charge in [-0.2, -0.15) is 4.98 Å². The summed E-state index contributed by atoms with van der Waals surface area (Å²) >= 11 is 1.60. The van der Waals surface area contributed by atoms with Crippen LogP contribution in [0.25, 0.3) is 0 Å². The van der Waals surface area contributed by atoms with Crippen molar-refractivity contribution in [1.29, 1.82) is 0 Å². The van der Waals surface area contributed by atoms with Crippen molar-refractivity contribution >= 4 is 11.8 Å². The molecule has 0 fully saturated rings. The molecule has 5 nitrogen and oxygen atoms in total. The molecule has 2 heterocycles. The minimum atomic E-state index is 0.0675. The van der Waals surface area contributed by atoms with Crippen molar-refractivity contribution < 1.29 is 4.52 Å². The minimum absolute atomic E-state index is 0.0675. The van der Waals surface area contributed by atoms with Crippen LogP contribution in [0.1, 0.15) is 47.8 Å². The van der Waals surface area contributed by atoms with Crippen LogP contribution in [-0.4, -0.2) is 20.1 Å². The lowest BCUT2D eigenvalue weighted by molar-refractivity contribution is 0.375. The number of aryl methyl sites for hydroxylation is 2. The van der Waals surface area contributed by atoms with Crippen molar-refractivity contribution in [2.24, 2.45) is 0 Å². The Hall–Kier alpha value is -2.08. The first-order valence-corrected chi connectivity index (χ1v) is 8.62. The monoisotopic (exact) mass is 328 g/mol. The molecule has 0 bridgehead atoms. The van der Waals surface area contributed by atoms with Crippen LogP contribution in [-0.2, 0) is 12.8 Å². The third-order valence-electron chi connectivity index (χ3n) is 3.61. The molecule has 23 heavy (non-hydrogen) atoms. The molecule has 0 radical (unpaired) electrons. The predicted octanol–water partition coefficient (Wildman–Crippen LogP) is 4.11. The van der Waals surface area contributed by atoms with Crippen LogP contribution in [0.3, 0.4) is 0 Å². The highest BCUT2D eigenvalue weighted by Crippen LogP contribution is 2.32. The van der Waals surface area contributed by atoms with E-state index in [4.69, 9.17) is 9.51 Å². The average Bonchev–Trinajstić information content (AvgIpc) is 3.16. The Morgan fingerprint density at radius 3 is 2.70 bits per heavy atom. The quantitative estimate of drug-likeness (QED) is 0.690. The van der Waals surface area contributed by atoms with Gasteiger partial charge < -0.3 is 9.51 Å². The Kier molecular flexibility index (Phi) is 4.81. The van der Waals surface area contributed by atoms with Gasteiger partial charge in [0.05, 0.1) is 10.9 Å². The summed E-state index contributed by atoms with van der Waals surface area (Å²) in [5, 5.41) is 4.90. The van der Waals surface area contributed by atoms with Crippen LogP contribution < -0.4 is 0 Å². The van der Waals surface area contributed by atoms with Gasteiger partial charge in [-0.05, 0) is 19.4 Å². The number of thioether (sulfide) groups is 1. The zero-order chi connectivity index (χ0) is 16.2. The van der Waals surface area contributed by atoms with Crippen molar-refractivity contribution in [3.63, 3.8) is 0 Å². The Morgan fingerprint density at radius 2 is 2.00 bits per heavy atom. The lowest BCUT2D eigenvalue weighted by Gasteiger charge is -2.02. The molecule has 0 amide bonds. The second-order valence-electron chi connectivity index (χ2n) is 5.44. The van der Waals surface area contributed by atoms with Crippen molar-refractivity contribution in [2.75, 3.05) is 0 Å². The summed E-state index contributed by atoms with van der Waals surface area (Å²) in [5.41, 5.74) is 3.44. The number of benzene rings is 1. The number of rotatable bonds is 6. The Labute approximate surface area is 139 Å². The van der Waals surface area contributed by atoms with Gasteiger partial charge >= 0.3 is 0 Å². The van der Waals surface area contributed by atoms with E-state index in [2.05, 4.69) is 46.3 Å². The number of hydrogen-bond donors (Lipinski definition) is 1. The van der Waals surface area contributed by atoms with Crippen LogP contribution in [0.5, 0.6) is 0 Å². The van der Waals surface area contributed by atoms with E-state index in [-0.39, 0.29) is 5.25 Å². The van der Waals surface area contributed by atoms with E-state index in [1.807, 2.05) is 19.9 Å². The molecule has 1 atom stereocenters. The fraction of sp³-hybridized carbons (Fsp3) is 0.353. The number of imidazole rings is 1. The van der Waals surface area contributed by atoms with Gasteiger partial charge in [0.25, 0.3) is 0 Å². The van der Waals surface area contributed by atoms with Crippen LogP contribution >= 0.6 is 11.8 Å². The highest BCUT2D eigenvalue weighted by molar-refractivity contribution is 7.99. The van der Waals surface area contributed by atoms with Crippen molar-refractivity contribution in [1.82, 2.24) is 20.1 Å². The smallest absolute Gasteiger partial charge is 0.239 e. The summed E-state index contributed by atoms with van der Waals surface area (Å²) in [7, 11) is 0. The second-order valence-corrected chi connectivity index (χ2v) is 6.77. The summed E-state index contributed by atoms with van der Waals surface area (Å²) in [6, 6.07) is 10.4. The molecule has 6 heteroatoms. The number of hydrogen-bond acceptors (Lipinski definition) is 5. The molecule has 2 aromatic heterocycles. The molecule has 0 saturated carbocycles. The number of nitrogens with one attached hydrogen (secondary N) is 1. The highest BCUT2D eigenvalue weighted by atomic mass is 32.2. The molecule has 0 spiro atoms. The Balaban J connectivity index is 1.70. The summed E-state index contributed by atoms with van der Waals surface area (Å²) < 4.78 is 5.30. The number of H-pyrrole nitrogens is 1. The average molecular weight is 328 g/mol. The number of aromatic amines is 1. The first-order valence-electron chi connectivity index (χ1n) is 7.74. The SMILES string of the molecule is CCc1noc(C(C)Sc2nc(Cc3ccccc3)c(C)[nH]2)n1. The van der Waals surface area contributed by atoms with Gasteiger partial charge in [0, 0.05) is 18.5 Å². The fourth-order valence-corrected chi connectivity index (χ4v) is 3.18. The van der Waals surface area contributed by atoms with Crippen molar-refractivity contribution in [3.8, 4) is 0 Å². The van der Waals surface area contributed by atoms with Crippen LogP contribution in [0, 0.1) is 6.92 Å². The van der Waals surface area contributed by atoms with E-state index in [9.17, 15) is 0 Å². The molecule has 0 aliphatic rings. The van der Waals surface area contributed by atoms with Gasteiger partial charge in [-0.25, -0.2) is 4.98 Å². The molecule has 0 aliphatic carbocycles. The van der Waals surface area contributed by atoms with Gasteiger partial charge in [0.1, 0.15) is 0 Å². The van der Waals surface area contributed by atoms with Gasteiger partial charge in [0.15, 0.2) is 11.0 Å². The lowest BCUT2D eigenvalue weighted by atomic mass is 10.1. The van der Waals surface area contributed by atoms with Crippen LogP contribution in [0.15, 0.2) is 40.0 Å². The first-order chi connectivity index (χ1) is 11.2. The maximum Gasteiger partial charge on any atom is 0.239 e. The van der Waals surface area contributed by atoms with Gasteiger partial charge in [-0.3, -0.25) is 0 Å². The zero-order valence-corrected chi connectivity index (χ0v) is 14.4. The Morgan fingerprint density at radius 1 is 1.22 bits per heavy atom. The topological polar surface area (TPSA) is 67.6 Å². The fourth-order valence-electron chi connectivity index (χ4n) is 2.28. The molecule has 1 N–H and O–H groups in total. The normalized spacial score (nSPS) is 12.5. The standard InChI is InChI=1S/C17H20N4OS/c1-4-15-20-16(22-21-15)12(3)23-17-18-11(2)14(19-17)10-13-8-6-5-7-9-13/h5-9,12H,4,10H2,1-3H3,(H,18,19). The first kappa shape index (κ1) is 15.8. The molecular weight excluding hydrogens is 308 g/mol. The third-order valence-corrected chi connectivity index (χ3v) is 4.59. The summed E-state index contributed by atoms with van der Waals surface area (Å²) in [6.45, 7) is 6.12. The molecule has 0 saturated heterocycles. The molecule has 1 aromatic carbocycles. The minimum Gasteiger partial charge on any atom is -0.338 e. The molecule has 3 rings (SSSR count). The van der Waals surface area contributed by atoms with Crippen molar-refractivity contribution in [3.05, 3.63) is 59.0 Å². The summed E-state index contributed by atoms with van der Waals surface area (Å²) in [6.07, 6.45) is 1.61. The second kappa shape index (κ2) is 7.00. The van der Waals surface area contributed by atoms with E-state index < -0.39 is 0 Å². The van der Waals surface area contributed by atoms with E-state index in [1.54, 1.807) is 11.8 Å². The van der Waals surface area contributed by atoms with Crippen molar-refractivity contribution in [2.45, 2.75) is 44.0 Å². The molecule has 0 aliphatic heterocycles. The van der Waals surface area contributed by atoms with Gasteiger partial charge in [0.2, 0.25) is 5.89 Å². The van der Waals surface area contributed by atoms with E-state index >= 15 is 0 Å². The van der Waals surface area contributed by atoms with Crippen LogP contribution in [0.4, 0.5) is 0 Å². The lowest BCUT2D eigenvalue weighted by Crippen LogP contribution is -1.92. The Bertz CT molecular complexity index is 766. The molecule has 1 unspecified atom stereocenters. The predicted molar refractivity (Wildman–Crippen MR) is 90.5 cm³/mol. The zero-order valence-electron chi connectivity index (χ0n) is 13.5. The van der Waals surface area contributed by atoms with Gasteiger partial charge in [-0.15, -0.1) is 0 Å². The van der Waals surface area contributed by atoms with Crippen LogP contribution in [0.2, 0.25) is 0 Å². The molecular formula is C17H20N4OS. The maximum absolute atomic E-state index is 5.30. The maximum atomic E-state index is 5.30. The summed E-state index contributed by atoms with van der Waals surface area (Å²) in [5.74, 6) is 1.39. The van der Waals surface area contributed by atoms with E-state index in [0.717, 1.165) is 35.2 Å². The van der Waals surface area contributed by atoms with E-state index in [0.29, 0.717) is 5.89 Å². The molecule has 3 aromatic rings. The summed E-state index contributed by atoms with van der Waals surface area (Å²) in [4.78, 5) is 12.4. The highest BCUT2D eigenvalue weighted by Gasteiger charge is 2.18. The number of nitrogens with zero attached hydrogens (tertiary/aromatic N) is 3.